The normalized spacial score (nSPS) is 18.7. The molecule has 0 spiro atoms. The summed E-state index contributed by atoms with van der Waals surface area (Å²) in [5, 5.41) is 0. The van der Waals surface area contributed by atoms with Gasteiger partial charge in [0.15, 0.2) is 0 Å². The lowest BCUT2D eigenvalue weighted by Crippen LogP contribution is -2.39. The summed E-state index contributed by atoms with van der Waals surface area (Å²) in [7, 11) is 0.155. The minimum Gasteiger partial charge on any atom is -0.378 e. The lowest BCUT2D eigenvalue weighted by Gasteiger charge is -2.32. The zero-order valence-corrected chi connectivity index (χ0v) is 17.2. The van der Waals surface area contributed by atoms with E-state index >= 15 is 0 Å². The second kappa shape index (κ2) is 7.50. The third-order valence-corrected chi connectivity index (χ3v) is 7.41. The molecule has 0 radical (unpaired) electrons. The van der Waals surface area contributed by atoms with Gasteiger partial charge in [0.25, 0.3) is 0 Å². The van der Waals surface area contributed by atoms with Crippen molar-refractivity contribution >= 4 is 37.6 Å². The molecule has 0 bridgehead atoms. The number of hydrogen-bond acceptors (Lipinski definition) is 6. The number of nitrogen functional groups attached to an aromatic ring is 1. The van der Waals surface area contributed by atoms with Crippen molar-refractivity contribution in [3.05, 3.63) is 40.6 Å². The van der Waals surface area contributed by atoms with Gasteiger partial charge in [-0.3, -0.25) is 0 Å². The van der Waals surface area contributed by atoms with Crippen molar-refractivity contribution in [1.82, 2.24) is 14.3 Å². The standard InChI is InChI=1S/C17H22BrN5O2S/c1-22(2)13-5-6-14(18)16(10-13)26(24,25)23-9-3-4-12(11-23)15-7-8-20-17(19)21-15/h5-8,10,12H,3-4,9,11H2,1-2H3,(H2,19,20,21). The van der Waals surface area contributed by atoms with Crippen molar-refractivity contribution < 1.29 is 8.42 Å². The molecule has 3 rings (SSSR count). The summed E-state index contributed by atoms with van der Waals surface area (Å²) < 4.78 is 28.6. The first kappa shape index (κ1) is 19.1. The molecule has 1 aromatic heterocycles. The molecule has 1 aliphatic rings. The van der Waals surface area contributed by atoms with Gasteiger partial charge in [0.2, 0.25) is 16.0 Å². The van der Waals surface area contributed by atoms with Crippen LogP contribution in [0.2, 0.25) is 0 Å². The fraction of sp³-hybridized carbons (Fsp3) is 0.412. The van der Waals surface area contributed by atoms with E-state index in [2.05, 4.69) is 25.9 Å². The van der Waals surface area contributed by atoms with Gasteiger partial charge in [-0.15, -0.1) is 0 Å². The Morgan fingerprint density at radius 1 is 1.31 bits per heavy atom. The monoisotopic (exact) mass is 439 g/mol. The lowest BCUT2D eigenvalue weighted by molar-refractivity contribution is 0.312. The number of nitrogens with zero attached hydrogens (tertiary/aromatic N) is 4. The molecule has 2 heterocycles. The van der Waals surface area contributed by atoms with Gasteiger partial charge in [-0.1, -0.05) is 0 Å². The zero-order chi connectivity index (χ0) is 18.9. The molecule has 1 saturated heterocycles. The van der Waals surface area contributed by atoms with Crippen LogP contribution >= 0.6 is 15.9 Å². The number of halogens is 1. The number of rotatable bonds is 4. The molecule has 1 aromatic carbocycles. The molecule has 140 valence electrons. The van der Waals surface area contributed by atoms with Crippen molar-refractivity contribution in [2.45, 2.75) is 23.7 Å². The predicted molar refractivity (Wildman–Crippen MR) is 106 cm³/mol. The molecular formula is C17H22BrN5O2S. The highest BCUT2D eigenvalue weighted by Crippen LogP contribution is 2.33. The average molecular weight is 440 g/mol. The summed E-state index contributed by atoms with van der Waals surface area (Å²) in [6.07, 6.45) is 3.27. The van der Waals surface area contributed by atoms with Crippen molar-refractivity contribution in [3.8, 4) is 0 Å². The van der Waals surface area contributed by atoms with Gasteiger partial charge in [0.1, 0.15) is 0 Å². The molecule has 1 aliphatic heterocycles. The Kier molecular flexibility index (Phi) is 5.50. The highest BCUT2D eigenvalue weighted by Gasteiger charge is 2.33. The number of benzene rings is 1. The van der Waals surface area contributed by atoms with Gasteiger partial charge in [-0.25, -0.2) is 18.4 Å². The van der Waals surface area contributed by atoms with E-state index in [1.165, 1.54) is 0 Å². The quantitative estimate of drug-likeness (QED) is 0.786. The van der Waals surface area contributed by atoms with E-state index in [-0.39, 0.29) is 16.8 Å². The molecule has 1 atom stereocenters. The van der Waals surface area contributed by atoms with Crippen molar-refractivity contribution in [2.75, 3.05) is 37.8 Å². The van der Waals surface area contributed by atoms with Crippen LogP contribution in [0.5, 0.6) is 0 Å². The number of sulfonamides is 1. The van der Waals surface area contributed by atoms with Crippen molar-refractivity contribution in [2.24, 2.45) is 0 Å². The molecule has 0 aliphatic carbocycles. The first-order valence-corrected chi connectivity index (χ1v) is 10.6. The van der Waals surface area contributed by atoms with Crippen LogP contribution in [0.1, 0.15) is 24.5 Å². The highest BCUT2D eigenvalue weighted by molar-refractivity contribution is 9.10. The summed E-state index contributed by atoms with van der Waals surface area (Å²) in [6.45, 7) is 0.884. The van der Waals surface area contributed by atoms with Crippen LogP contribution in [0.3, 0.4) is 0 Å². The molecule has 2 N–H and O–H groups in total. The minimum atomic E-state index is -3.61. The molecule has 0 amide bonds. The Bertz CT molecular complexity index is 904. The minimum absolute atomic E-state index is 0.0135. The Labute approximate surface area is 162 Å². The number of piperidine rings is 1. The summed E-state index contributed by atoms with van der Waals surface area (Å²) in [6, 6.07) is 7.16. The number of anilines is 2. The van der Waals surface area contributed by atoms with Gasteiger partial charge in [0, 0.05) is 49.5 Å². The van der Waals surface area contributed by atoms with Crippen LogP contribution in [-0.4, -0.2) is 49.9 Å². The maximum atomic E-state index is 13.2. The molecule has 2 aromatic rings. The maximum absolute atomic E-state index is 13.2. The van der Waals surface area contributed by atoms with E-state index < -0.39 is 10.0 Å². The Balaban J connectivity index is 1.91. The fourth-order valence-corrected chi connectivity index (χ4v) is 5.59. The highest BCUT2D eigenvalue weighted by atomic mass is 79.9. The van der Waals surface area contributed by atoms with Crippen LogP contribution < -0.4 is 10.6 Å². The van der Waals surface area contributed by atoms with E-state index in [0.29, 0.717) is 17.6 Å². The molecule has 7 nitrogen and oxygen atoms in total. The Morgan fingerprint density at radius 3 is 2.77 bits per heavy atom. The second-order valence-electron chi connectivity index (χ2n) is 6.55. The first-order valence-electron chi connectivity index (χ1n) is 8.34. The van der Waals surface area contributed by atoms with Crippen molar-refractivity contribution in [3.63, 3.8) is 0 Å². The van der Waals surface area contributed by atoms with Crippen LogP contribution in [0.25, 0.3) is 0 Å². The van der Waals surface area contributed by atoms with Crippen LogP contribution in [0.15, 0.2) is 39.8 Å². The SMILES string of the molecule is CN(C)c1ccc(Br)c(S(=O)(=O)N2CCCC(c3ccnc(N)n3)C2)c1. The first-order chi connectivity index (χ1) is 12.3. The van der Waals surface area contributed by atoms with E-state index in [1.54, 1.807) is 28.7 Å². The molecule has 9 heteroatoms. The Morgan fingerprint density at radius 2 is 2.08 bits per heavy atom. The third kappa shape index (κ3) is 3.84. The van der Waals surface area contributed by atoms with Gasteiger partial charge in [0.05, 0.1) is 10.6 Å². The topological polar surface area (TPSA) is 92.4 Å². The van der Waals surface area contributed by atoms with E-state index in [1.807, 2.05) is 25.1 Å². The van der Waals surface area contributed by atoms with E-state index in [9.17, 15) is 8.42 Å². The summed E-state index contributed by atoms with van der Waals surface area (Å²) in [5.41, 5.74) is 7.30. The van der Waals surface area contributed by atoms with E-state index in [4.69, 9.17) is 5.73 Å². The largest absolute Gasteiger partial charge is 0.378 e. The van der Waals surface area contributed by atoms with Gasteiger partial charge in [-0.05, 0) is 53.0 Å². The fourth-order valence-electron chi connectivity index (χ4n) is 3.12. The predicted octanol–water partition coefficient (Wildman–Crippen LogP) is 2.46. The molecule has 1 unspecified atom stereocenters. The maximum Gasteiger partial charge on any atom is 0.244 e. The van der Waals surface area contributed by atoms with Crippen LogP contribution in [-0.2, 0) is 10.0 Å². The molecule has 1 fully saturated rings. The molecule has 26 heavy (non-hydrogen) atoms. The van der Waals surface area contributed by atoms with Gasteiger partial charge < -0.3 is 10.6 Å². The molecular weight excluding hydrogens is 418 g/mol. The van der Waals surface area contributed by atoms with Crippen LogP contribution in [0, 0.1) is 0 Å². The van der Waals surface area contributed by atoms with Gasteiger partial charge >= 0.3 is 0 Å². The summed E-state index contributed by atoms with van der Waals surface area (Å²) >= 11 is 3.39. The lowest BCUT2D eigenvalue weighted by atomic mass is 9.96. The average Bonchev–Trinajstić information content (AvgIpc) is 2.62. The van der Waals surface area contributed by atoms with Crippen molar-refractivity contribution in [1.29, 1.82) is 0 Å². The number of aromatic nitrogens is 2. The number of hydrogen-bond donors (Lipinski definition) is 1. The smallest absolute Gasteiger partial charge is 0.244 e. The third-order valence-electron chi connectivity index (χ3n) is 4.55. The van der Waals surface area contributed by atoms with Gasteiger partial charge in [-0.2, -0.15) is 4.31 Å². The zero-order valence-electron chi connectivity index (χ0n) is 14.8. The summed E-state index contributed by atoms with van der Waals surface area (Å²) in [5.74, 6) is 0.226. The summed E-state index contributed by atoms with van der Waals surface area (Å²) in [4.78, 5) is 10.3. The Hall–Kier alpha value is -1.71. The second-order valence-corrected chi connectivity index (χ2v) is 9.31. The number of nitrogens with two attached hydrogens (primary N) is 1. The van der Waals surface area contributed by atoms with E-state index in [0.717, 1.165) is 24.2 Å². The van der Waals surface area contributed by atoms with Crippen LogP contribution in [0.4, 0.5) is 11.6 Å². The molecule has 0 saturated carbocycles.